The molecule has 1 amide bonds. The van der Waals surface area contributed by atoms with Crippen LogP contribution in [0.4, 0.5) is 5.69 Å². The number of carbonyl (C=O) groups is 2. The second kappa shape index (κ2) is 6.19. The topological polar surface area (TPSA) is 71.2 Å². The molecule has 5 nitrogen and oxygen atoms in total. The molecule has 1 aliphatic heterocycles. The third-order valence-electron chi connectivity index (χ3n) is 4.76. The number of methoxy groups -OCH3 is 1. The van der Waals surface area contributed by atoms with Crippen molar-refractivity contribution in [1.82, 2.24) is 4.98 Å². The SMILES string of the molecule is COC(=O)c1c(C)[nH]c(-c2ccccc2)c1[C@H]1C(=O)Nc2ccccc21. The number of aryl methyl sites for hydroxylation is 1. The summed E-state index contributed by atoms with van der Waals surface area (Å²) >= 11 is 0. The molecule has 0 unspecified atom stereocenters. The third kappa shape index (κ3) is 2.40. The van der Waals surface area contributed by atoms with Gasteiger partial charge in [0, 0.05) is 16.9 Å². The number of carbonyl (C=O) groups excluding carboxylic acids is 2. The highest BCUT2D eigenvalue weighted by Gasteiger charge is 2.38. The van der Waals surface area contributed by atoms with E-state index >= 15 is 0 Å². The summed E-state index contributed by atoms with van der Waals surface area (Å²) in [6.07, 6.45) is 0. The van der Waals surface area contributed by atoms with E-state index in [1.165, 1.54) is 7.11 Å². The van der Waals surface area contributed by atoms with Crippen LogP contribution in [0.3, 0.4) is 0 Å². The monoisotopic (exact) mass is 346 g/mol. The Labute approximate surface area is 151 Å². The zero-order chi connectivity index (χ0) is 18.3. The van der Waals surface area contributed by atoms with E-state index in [9.17, 15) is 9.59 Å². The summed E-state index contributed by atoms with van der Waals surface area (Å²) in [4.78, 5) is 28.6. The Balaban J connectivity index is 2.00. The first-order valence-corrected chi connectivity index (χ1v) is 8.37. The molecule has 0 radical (unpaired) electrons. The van der Waals surface area contributed by atoms with Gasteiger partial charge in [-0.2, -0.15) is 0 Å². The number of para-hydroxylation sites is 1. The first-order valence-electron chi connectivity index (χ1n) is 8.37. The van der Waals surface area contributed by atoms with E-state index in [-0.39, 0.29) is 5.91 Å². The number of hydrogen-bond donors (Lipinski definition) is 2. The number of benzene rings is 2. The number of nitrogens with one attached hydrogen (secondary N) is 2. The summed E-state index contributed by atoms with van der Waals surface area (Å²) in [5.74, 6) is -1.17. The number of ether oxygens (including phenoxy) is 1. The van der Waals surface area contributed by atoms with Crippen molar-refractivity contribution < 1.29 is 14.3 Å². The lowest BCUT2D eigenvalue weighted by Gasteiger charge is -2.13. The molecule has 5 heteroatoms. The van der Waals surface area contributed by atoms with Gasteiger partial charge in [0.25, 0.3) is 0 Å². The van der Waals surface area contributed by atoms with E-state index in [1.807, 2.05) is 61.5 Å². The van der Waals surface area contributed by atoms with E-state index in [0.717, 1.165) is 22.5 Å². The van der Waals surface area contributed by atoms with Crippen molar-refractivity contribution in [1.29, 1.82) is 0 Å². The van der Waals surface area contributed by atoms with Gasteiger partial charge in [-0.05, 0) is 24.1 Å². The van der Waals surface area contributed by atoms with Gasteiger partial charge < -0.3 is 15.0 Å². The molecule has 0 aliphatic carbocycles. The van der Waals surface area contributed by atoms with Gasteiger partial charge >= 0.3 is 5.97 Å². The Morgan fingerprint density at radius 1 is 1.04 bits per heavy atom. The van der Waals surface area contributed by atoms with Crippen molar-refractivity contribution in [3.8, 4) is 11.3 Å². The highest BCUT2D eigenvalue weighted by Crippen LogP contribution is 2.43. The minimum absolute atomic E-state index is 0.146. The molecule has 2 heterocycles. The summed E-state index contributed by atoms with van der Waals surface area (Å²) < 4.78 is 5.00. The standard InChI is InChI=1S/C21H18N2O3/c1-12-16(21(25)26-2)18(19(22-12)13-8-4-3-5-9-13)17-14-10-6-7-11-15(14)23-20(17)24/h3-11,17,22H,1-2H3,(H,23,24)/t17-/m0/s1. The van der Waals surface area contributed by atoms with Crippen LogP contribution in [0, 0.1) is 6.92 Å². The molecule has 4 rings (SSSR count). The molecule has 0 spiro atoms. The Morgan fingerprint density at radius 3 is 2.46 bits per heavy atom. The minimum atomic E-state index is -0.569. The molecule has 3 aromatic rings. The maximum Gasteiger partial charge on any atom is 0.340 e. The average molecular weight is 346 g/mol. The van der Waals surface area contributed by atoms with Crippen molar-refractivity contribution in [2.24, 2.45) is 0 Å². The number of fused-ring (bicyclic) bond motifs is 1. The number of anilines is 1. The predicted octanol–water partition coefficient (Wildman–Crippen LogP) is 3.86. The maximum absolute atomic E-state index is 12.8. The Kier molecular flexibility index (Phi) is 3.84. The van der Waals surface area contributed by atoms with Gasteiger partial charge in [0.15, 0.2) is 0 Å². The lowest BCUT2D eigenvalue weighted by atomic mass is 9.87. The molecule has 0 saturated heterocycles. The number of rotatable bonds is 3. The van der Waals surface area contributed by atoms with E-state index in [4.69, 9.17) is 4.74 Å². The third-order valence-corrected chi connectivity index (χ3v) is 4.76. The Morgan fingerprint density at radius 2 is 1.73 bits per heavy atom. The van der Waals surface area contributed by atoms with Crippen molar-refractivity contribution >= 4 is 17.6 Å². The number of aromatic amines is 1. The van der Waals surface area contributed by atoms with Crippen LogP contribution >= 0.6 is 0 Å². The normalized spacial score (nSPS) is 15.5. The van der Waals surface area contributed by atoms with Gasteiger partial charge in [-0.3, -0.25) is 4.79 Å². The fourth-order valence-corrected chi connectivity index (χ4v) is 3.63. The van der Waals surface area contributed by atoms with Gasteiger partial charge in [-0.1, -0.05) is 48.5 Å². The summed E-state index contributed by atoms with van der Waals surface area (Å²) in [6, 6.07) is 17.2. The number of H-pyrrole nitrogens is 1. The molecule has 0 bridgehead atoms. The molecule has 0 saturated carbocycles. The molecule has 1 atom stereocenters. The van der Waals surface area contributed by atoms with Crippen LogP contribution in [0.1, 0.15) is 33.1 Å². The van der Waals surface area contributed by atoms with Crippen molar-refractivity contribution in [2.75, 3.05) is 12.4 Å². The highest BCUT2D eigenvalue weighted by atomic mass is 16.5. The first-order chi connectivity index (χ1) is 12.6. The number of amides is 1. The largest absolute Gasteiger partial charge is 0.465 e. The van der Waals surface area contributed by atoms with E-state index < -0.39 is 11.9 Å². The minimum Gasteiger partial charge on any atom is -0.465 e. The summed E-state index contributed by atoms with van der Waals surface area (Å²) in [5.41, 5.74) is 5.07. The maximum atomic E-state index is 12.8. The molecule has 0 fully saturated rings. The van der Waals surface area contributed by atoms with Crippen molar-refractivity contribution in [3.63, 3.8) is 0 Å². The molecule has 1 aromatic heterocycles. The van der Waals surface area contributed by atoms with Gasteiger partial charge in [-0.15, -0.1) is 0 Å². The number of aromatic nitrogens is 1. The van der Waals surface area contributed by atoms with Crippen molar-refractivity contribution in [3.05, 3.63) is 77.0 Å². The number of hydrogen-bond acceptors (Lipinski definition) is 3. The van der Waals surface area contributed by atoms with Crippen LogP contribution < -0.4 is 5.32 Å². The molecule has 130 valence electrons. The van der Waals surface area contributed by atoms with Gasteiger partial charge in [0.05, 0.1) is 24.3 Å². The summed E-state index contributed by atoms with van der Waals surface area (Å²) in [5, 5.41) is 2.91. The molecule has 1 aliphatic rings. The second-order valence-corrected chi connectivity index (χ2v) is 6.28. The molecule has 26 heavy (non-hydrogen) atoms. The van der Waals surface area contributed by atoms with Crippen LogP contribution in [-0.2, 0) is 9.53 Å². The Bertz CT molecular complexity index is 1010. The van der Waals surface area contributed by atoms with Gasteiger partial charge in [0.1, 0.15) is 0 Å². The fourth-order valence-electron chi connectivity index (χ4n) is 3.63. The van der Waals surface area contributed by atoms with Gasteiger partial charge in [-0.25, -0.2) is 4.79 Å². The first kappa shape index (κ1) is 16.1. The number of esters is 1. The van der Waals surface area contributed by atoms with Crippen LogP contribution in [0.15, 0.2) is 54.6 Å². The Hall–Kier alpha value is -3.34. The lowest BCUT2D eigenvalue weighted by molar-refractivity contribution is -0.116. The molecule has 2 N–H and O–H groups in total. The molecular formula is C21H18N2O3. The van der Waals surface area contributed by atoms with Crippen LogP contribution in [-0.4, -0.2) is 24.0 Å². The summed E-state index contributed by atoms with van der Waals surface area (Å²) in [7, 11) is 1.35. The van der Waals surface area contributed by atoms with Crippen LogP contribution in [0.25, 0.3) is 11.3 Å². The van der Waals surface area contributed by atoms with Crippen LogP contribution in [0.2, 0.25) is 0 Å². The van der Waals surface area contributed by atoms with E-state index in [0.29, 0.717) is 16.8 Å². The summed E-state index contributed by atoms with van der Waals surface area (Å²) in [6.45, 7) is 1.82. The van der Waals surface area contributed by atoms with E-state index in [1.54, 1.807) is 0 Å². The smallest absolute Gasteiger partial charge is 0.340 e. The predicted molar refractivity (Wildman–Crippen MR) is 99.2 cm³/mol. The highest BCUT2D eigenvalue weighted by molar-refractivity contribution is 6.08. The van der Waals surface area contributed by atoms with E-state index in [2.05, 4.69) is 10.3 Å². The van der Waals surface area contributed by atoms with Crippen molar-refractivity contribution in [2.45, 2.75) is 12.8 Å². The quantitative estimate of drug-likeness (QED) is 0.708. The van der Waals surface area contributed by atoms with Gasteiger partial charge in [0.2, 0.25) is 5.91 Å². The van der Waals surface area contributed by atoms with Crippen LogP contribution in [0.5, 0.6) is 0 Å². The fraction of sp³-hybridized carbons (Fsp3) is 0.143. The molecule has 2 aromatic carbocycles. The zero-order valence-electron chi connectivity index (χ0n) is 14.5. The second-order valence-electron chi connectivity index (χ2n) is 6.28. The average Bonchev–Trinajstić information content (AvgIpc) is 3.17. The zero-order valence-corrected chi connectivity index (χ0v) is 14.5. The lowest BCUT2D eigenvalue weighted by Crippen LogP contribution is -2.17. The molecular weight excluding hydrogens is 328 g/mol.